The van der Waals surface area contributed by atoms with Gasteiger partial charge in [0.1, 0.15) is 5.15 Å². The Balaban J connectivity index is 1.48. The summed E-state index contributed by atoms with van der Waals surface area (Å²) in [4.78, 5) is 44.5. The Morgan fingerprint density at radius 3 is 2.24 bits per heavy atom. The van der Waals surface area contributed by atoms with E-state index in [1.807, 2.05) is 0 Å². The van der Waals surface area contributed by atoms with E-state index in [2.05, 4.69) is 23.9 Å². The summed E-state index contributed by atoms with van der Waals surface area (Å²) in [5.74, 6) is -1.94. The summed E-state index contributed by atoms with van der Waals surface area (Å²) < 4.78 is 44.6. The summed E-state index contributed by atoms with van der Waals surface area (Å²) >= 11 is 12.5. The number of carbonyl (C=O) groups excluding carboxylic acids is 2. The van der Waals surface area contributed by atoms with Crippen LogP contribution in [0.1, 0.15) is 97.4 Å². The number of carboxylic acid groups (broad SMARTS) is 1. The maximum Gasteiger partial charge on any atom is 0.433 e. The number of hydrogen-bond acceptors (Lipinski definition) is 5. The van der Waals surface area contributed by atoms with Crippen LogP contribution in [-0.4, -0.2) is 55.0 Å². The summed E-state index contributed by atoms with van der Waals surface area (Å²) in [5, 5.41) is 13.5. The number of rotatable bonds is 7. The number of carboxylic acids is 1. The van der Waals surface area contributed by atoms with Gasteiger partial charge in [-0.2, -0.15) is 18.3 Å². The van der Waals surface area contributed by atoms with E-state index < -0.39 is 59.1 Å². The van der Waals surface area contributed by atoms with Crippen LogP contribution >= 0.6 is 23.2 Å². The smallest absolute Gasteiger partial charge is 0.433 e. The highest BCUT2D eigenvalue weighted by Gasteiger charge is 2.63. The van der Waals surface area contributed by atoms with Gasteiger partial charge in [-0.1, -0.05) is 37.0 Å². The summed E-state index contributed by atoms with van der Waals surface area (Å²) in [7, 11) is 0. The lowest BCUT2D eigenvalue weighted by Crippen LogP contribution is -2.44. The predicted octanol–water partition coefficient (Wildman–Crippen LogP) is 6.88. The largest absolute Gasteiger partial charge is 0.481 e. The van der Waals surface area contributed by atoms with Crippen molar-refractivity contribution in [1.29, 1.82) is 0 Å². The molecule has 13 heteroatoms. The fourth-order valence-corrected chi connectivity index (χ4v) is 7.85. The van der Waals surface area contributed by atoms with Crippen LogP contribution in [0.2, 0.25) is 10.2 Å². The zero-order valence-corrected chi connectivity index (χ0v) is 25.3. The van der Waals surface area contributed by atoms with Crippen molar-refractivity contribution in [1.82, 2.24) is 19.7 Å². The van der Waals surface area contributed by atoms with E-state index in [0.717, 1.165) is 10.9 Å². The van der Waals surface area contributed by atoms with Crippen molar-refractivity contribution in [3.05, 3.63) is 45.0 Å². The fraction of sp³-hybridized carbons (Fsp3) is 0.621. The number of nitrogens with zero attached hydrogens (tertiary/aromatic N) is 4. The minimum Gasteiger partial charge on any atom is -0.481 e. The quantitative estimate of drug-likeness (QED) is 0.265. The van der Waals surface area contributed by atoms with Crippen molar-refractivity contribution in [3.8, 4) is 0 Å². The highest BCUT2D eigenvalue weighted by Crippen LogP contribution is 2.67. The van der Waals surface area contributed by atoms with E-state index in [-0.39, 0.29) is 46.8 Å². The van der Waals surface area contributed by atoms with Gasteiger partial charge in [-0.05, 0) is 75.7 Å². The lowest BCUT2D eigenvalue weighted by molar-refractivity contribution is -0.152. The lowest BCUT2D eigenvalue weighted by atomic mass is 9.74. The van der Waals surface area contributed by atoms with E-state index in [1.165, 1.54) is 11.0 Å². The molecular formula is C29H33Cl2F3N4O4. The number of ketones is 1. The minimum absolute atomic E-state index is 0.0507. The third-order valence-electron chi connectivity index (χ3n) is 9.90. The molecule has 1 amide bonds. The number of aliphatic carboxylic acids is 1. The van der Waals surface area contributed by atoms with Crippen molar-refractivity contribution in [2.75, 3.05) is 6.54 Å². The molecule has 5 rings (SSSR count). The van der Waals surface area contributed by atoms with Crippen molar-refractivity contribution in [2.45, 2.75) is 84.5 Å². The first-order valence-corrected chi connectivity index (χ1v) is 14.8. The highest BCUT2D eigenvalue weighted by atomic mass is 35.5. The van der Waals surface area contributed by atoms with Gasteiger partial charge in [-0.25, -0.2) is 4.98 Å². The molecule has 0 aliphatic heterocycles. The molecule has 2 heterocycles. The molecule has 0 radical (unpaired) electrons. The normalized spacial score (nSPS) is 28.3. The summed E-state index contributed by atoms with van der Waals surface area (Å²) in [6.45, 7) is 6.96. The molecule has 0 aromatic carbocycles. The Morgan fingerprint density at radius 1 is 1.12 bits per heavy atom. The molecular weight excluding hydrogens is 596 g/mol. The van der Waals surface area contributed by atoms with Gasteiger partial charge in [0.05, 0.1) is 40.3 Å². The van der Waals surface area contributed by atoms with Gasteiger partial charge in [0.2, 0.25) is 0 Å². The van der Waals surface area contributed by atoms with Crippen LogP contribution in [0.3, 0.4) is 0 Å². The maximum absolute atomic E-state index is 14.6. The summed E-state index contributed by atoms with van der Waals surface area (Å²) in [5.41, 5.74) is -2.37. The standard InChI is InChI=1S/C29H33Cl2F3N4O4/c1-14-9-20(30)22(24(31)36-14)21(39)13-37(16-10-18-19(11-16)27(18,2)3)25(40)17-12-35-38(23(17)29(32,33)34)15-5-7-28(4,8-6-15)26(41)42/h9,12,15-16,18-19H,5-8,10-11,13H2,1-4H3,(H,41,42). The second-order valence-electron chi connectivity index (χ2n) is 12.9. The molecule has 3 aliphatic rings. The van der Waals surface area contributed by atoms with Gasteiger partial charge in [0.25, 0.3) is 5.91 Å². The molecule has 2 aromatic heterocycles. The molecule has 42 heavy (non-hydrogen) atoms. The summed E-state index contributed by atoms with van der Waals surface area (Å²) in [6, 6.07) is 0.295. The van der Waals surface area contributed by atoms with E-state index >= 15 is 0 Å². The molecule has 3 fully saturated rings. The molecule has 3 saturated carbocycles. The van der Waals surface area contributed by atoms with Crippen molar-refractivity contribution in [2.24, 2.45) is 22.7 Å². The monoisotopic (exact) mass is 628 g/mol. The number of carbonyl (C=O) groups is 3. The van der Waals surface area contributed by atoms with Crippen LogP contribution in [0.15, 0.2) is 12.3 Å². The number of aromatic nitrogens is 3. The fourth-order valence-electron chi connectivity index (χ4n) is 7.11. The molecule has 2 unspecified atom stereocenters. The molecule has 3 aliphatic carbocycles. The Morgan fingerprint density at radius 2 is 1.71 bits per heavy atom. The van der Waals surface area contributed by atoms with Gasteiger partial charge in [-0.3, -0.25) is 19.1 Å². The average Bonchev–Trinajstić information content (AvgIpc) is 3.30. The SMILES string of the molecule is Cc1cc(Cl)c(C(=O)CN(C(=O)c2cnn(C3CCC(C)(C(=O)O)CC3)c2C(F)(F)F)C2CC3C(C2)C3(C)C)c(Cl)n1. The van der Waals surface area contributed by atoms with Crippen LogP contribution in [0, 0.1) is 29.6 Å². The molecule has 1 N–H and O–H groups in total. The number of hydrogen-bond donors (Lipinski definition) is 1. The Kier molecular flexibility index (Phi) is 7.70. The Bertz CT molecular complexity index is 1410. The van der Waals surface area contributed by atoms with Crippen LogP contribution in [0.4, 0.5) is 13.2 Å². The van der Waals surface area contributed by atoms with Crippen molar-refractivity contribution in [3.63, 3.8) is 0 Å². The predicted molar refractivity (Wildman–Crippen MR) is 149 cm³/mol. The van der Waals surface area contributed by atoms with Crippen LogP contribution in [0.25, 0.3) is 0 Å². The highest BCUT2D eigenvalue weighted by molar-refractivity contribution is 6.39. The number of Topliss-reactive ketones (excluding diaryl/α,β-unsaturated/α-hetero) is 1. The molecule has 0 saturated heterocycles. The van der Waals surface area contributed by atoms with Crippen LogP contribution in [0.5, 0.6) is 0 Å². The second kappa shape index (κ2) is 10.5. The van der Waals surface area contributed by atoms with Crippen molar-refractivity contribution < 1.29 is 32.7 Å². The molecule has 8 nitrogen and oxygen atoms in total. The van der Waals surface area contributed by atoms with Gasteiger partial charge >= 0.3 is 12.1 Å². The first-order chi connectivity index (χ1) is 19.5. The first-order valence-electron chi connectivity index (χ1n) is 14.0. The second-order valence-corrected chi connectivity index (χ2v) is 13.6. The third-order valence-corrected chi connectivity index (χ3v) is 10.5. The molecule has 2 aromatic rings. The number of aryl methyl sites for hydroxylation is 1. The molecule has 2 atom stereocenters. The van der Waals surface area contributed by atoms with E-state index in [9.17, 15) is 32.7 Å². The Labute approximate surface area is 251 Å². The van der Waals surface area contributed by atoms with Gasteiger partial charge in [0, 0.05) is 11.7 Å². The summed E-state index contributed by atoms with van der Waals surface area (Å²) in [6.07, 6.45) is -2.17. The van der Waals surface area contributed by atoms with Crippen LogP contribution < -0.4 is 0 Å². The number of amides is 1. The number of pyridine rings is 1. The number of alkyl halides is 3. The topological polar surface area (TPSA) is 105 Å². The van der Waals surface area contributed by atoms with E-state index in [0.29, 0.717) is 30.4 Å². The minimum atomic E-state index is -4.92. The molecule has 228 valence electrons. The average molecular weight is 630 g/mol. The zero-order valence-electron chi connectivity index (χ0n) is 23.8. The molecule has 0 bridgehead atoms. The van der Waals surface area contributed by atoms with E-state index in [1.54, 1.807) is 13.8 Å². The van der Waals surface area contributed by atoms with Gasteiger partial charge in [-0.15, -0.1) is 0 Å². The van der Waals surface area contributed by atoms with Crippen LogP contribution in [-0.2, 0) is 11.0 Å². The van der Waals surface area contributed by atoms with Gasteiger partial charge < -0.3 is 10.0 Å². The third kappa shape index (κ3) is 5.31. The lowest BCUT2D eigenvalue weighted by Gasteiger charge is -2.35. The maximum atomic E-state index is 14.6. The number of halogens is 5. The van der Waals surface area contributed by atoms with Crippen molar-refractivity contribution >= 4 is 40.9 Å². The molecule has 0 spiro atoms. The Hall–Kier alpha value is -2.66. The van der Waals surface area contributed by atoms with E-state index in [4.69, 9.17) is 23.2 Å². The van der Waals surface area contributed by atoms with Gasteiger partial charge in [0.15, 0.2) is 11.5 Å². The first kappa shape index (κ1) is 30.8. The zero-order chi connectivity index (χ0) is 30.9. The number of fused-ring (bicyclic) bond motifs is 1.